The second-order valence-electron chi connectivity index (χ2n) is 13.8. The van der Waals surface area contributed by atoms with Crippen LogP contribution in [0.1, 0.15) is 85.7 Å². The monoisotopic (exact) mass is 722 g/mol. The van der Waals surface area contributed by atoms with Gasteiger partial charge in [-0.15, -0.1) is 0 Å². The van der Waals surface area contributed by atoms with Crippen molar-refractivity contribution in [3.05, 3.63) is 139 Å². The molecular formula is C40H42Cl4N2O2. The van der Waals surface area contributed by atoms with E-state index in [0.717, 1.165) is 93.7 Å². The molecule has 252 valence electrons. The predicted octanol–water partition coefficient (Wildman–Crippen LogP) is 10.1. The highest BCUT2D eigenvalue weighted by atomic mass is 35.5. The van der Waals surface area contributed by atoms with E-state index in [-0.39, 0.29) is 24.3 Å². The summed E-state index contributed by atoms with van der Waals surface area (Å²) in [6.07, 6.45) is 7.50. The Bertz CT molecular complexity index is 1480. The van der Waals surface area contributed by atoms with Gasteiger partial charge in [0.05, 0.1) is 24.3 Å². The Morgan fingerprint density at radius 1 is 0.417 bits per heavy atom. The third kappa shape index (κ3) is 6.93. The molecule has 0 saturated carbocycles. The van der Waals surface area contributed by atoms with Crippen molar-refractivity contribution < 1.29 is 10.2 Å². The van der Waals surface area contributed by atoms with Gasteiger partial charge in [0.1, 0.15) is 0 Å². The van der Waals surface area contributed by atoms with Crippen LogP contribution in [0.5, 0.6) is 0 Å². The van der Waals surface area contributed by atoms with Gasteiger partial charge in [0.2, 0.25) is 0 Å². The standard InChI is InChI=1S/2C20H21Cl2NO/c2*21-18-7-3-1-5-16(18)20(17-6-2-4-8-19(17)22)23-13-9-10-14(23)12-15(24)11-13/h2*1-8,13-15,20,24H,9-12H2. The van der Waals surface area contributed by atoms with Crippen molar-refractivity contribution in [1.29, 1.82) is 0 Å². The van der Waals surface area contributed by atoms with Crippen molar-refractivity contribution in [2.24, 2.45) is 0 Å². The second kappa shape index (κ2) is 15.0. The largest absolute Gasteiger partial charge is 0.393 e. The third-order valence-electron chi connectivity index (χ3n) is 10.9. The Hall–Kier alpha value is -2.12. The summed E-state index contributed by atoms with van der Waals surface area (Å²) in [5.74, 6) is 0. The molecule has 2 N–H and O–H groups in total. The van der Waals surface area contributed by atoms with Crippen molar-refractivity contribution in [2.75, 3.05) is 0 Å². The van der Waals surface area contributed by atoms with Crippen molar-refractivity contribution in [3.8, 4) is 0 Å². The number of hydrogen-bond donors (Lipinski definition) is 2. The van der Waals surface area contributed by atoms with Crippen LogP contribution in [-0.4, -0.2) is 56.4 Å². The summed E-state index contributed by atoms with van der Waals surface area (Å²) >= 11 is 26.3. The molecule has 4 aliphatic rings. The SMILES string of the molecule is OC1CC2CCC(C1)N2C(c1ccccc1Cl)c1ccccc1Cl.OC1CC2CCC(C1)N2C(c1ccccc1Cl)c1ccccc1Cl. The average Bonchev–Trinajstić information content (AvgIpc) is 3.48. The molecule has 0 radical (unpaired) electrons. The van der Waals surface area contributed by atoms with Crippen molar-refractivity contribution in [1.82, 2.24) is 9.80 Å². The first-order valence-corrected chi connectivity index (χ1v) is 18.7. The molecule has 0 aliphatic carbocycles. The molecule has 8 rings (SSSR count). The van der Waals surface area contributed by atoms with E-state index in [1.165, 1.54) is 0 Å². The summed E-state index contributed by atoms with van der Waals surface area (Å²) in [6.45, 7) is 0. The maximum atomic E-state index is 10.2. The number of piperidine rings is 2. The van der Waals surface area contributed by atoms with Gasteiger partial charge in [-0.3, -0.25) is 9.80 Å². The predicted molar refractivity (Wildman–Crippen MR) is 197 cm³/mol. The Labute approximate surface area is 304 Å². The zero-order valence-corrected chi connectivity index (χ0v) is 29.8. The van der Waals surface area contributed by atoms with E-state index in [4.69, 9.17) is 46.4 Å². The van der Waals surface area contributed by atoms with Gasteiger partial charge in [0, 0.05) is 44.3 Å². The number of aliphatic hydroxyl groups excluding tert-OH is 2. The van der Waals surface area contributed by atoms with E-state index in [1.807, 2.05) is 72.8 Å². The number of benzene rings is 4. The lowest BCUT2D eigenvalue weighted by Gasteiger charge is -2.43. The van der Waals surface area contributed by atoms with Crippen LogP contribution >= 0.6 is 46.4 Å². The fourth-order valence-electron chi connectivity index (χ4n) is 8.98. The number of hydrogen-bond acceptors (Lipinski definition) is 4. The Kier molecular flexibility index (Phi) is 10.7. The molecule has 8 heteroatoms. The number of halogens is 4. The van der Waals surface area contributed by atoms with Gasteiger partial charge in [-0.25, -0.2) is 0 Å². The maximum absolute atomic E-state index is 10.2. The quantitative estimate of drug-likeness (QED) is 0.208. The molecule has 4 unspecified atom stereocenters. The number of rotatable bonds is 6. The van der Waals surface area contributed by atoms with E-state index in [1.54, 1.807) is 0 Å². The van der Waals surface area contributed by atoms with Crippen LogP contribution in [0.25, 0.3) is 0 Å². The maximum Gasteiger partial charge on any atom is 0.0636 e. The van der Waals surface area contributed by atoms with Gasteiger partial charge < -0.3 is 10.2 Å². The molecule has 0 amide bonds. The van der Waals surface area contributed by atoms with Crippen molar-refractivity contribution in [3.63, 3.8) is 0 Å². The van der Waals surface area contributed by atoms with Crippen molar-refractivity contribution >= 4 is 46.4 Å². The molecule has 4 nitrogen and oxygen atoms in total. The Morgan fingerprint density at radius 2 is 0.646 bits per heavy atom. The van der Waals surface area contributed by atoms with Crippen LogP contribution in [0, 0.1) is 0 Å². The molecular weight excluding hydrogens is 682 g/mol. The van der Waals surface area contributed by atoms with Gasteiger partial charge in [0.15, 0.2) is 0 Å². The van der Waals surface area contributed by atoms with E-state index in [2.05, 4.69) is 34.1 Å². The van der Waals surface area contributed by atoms with Crippen LogP contribution in [0.3, 0.4) is 0 Å². The fourth-order valence-corrected chi connectivity index (χ4v) is 9.93. The van der Waals surface area contributed by atoms with Crippen LogP contribution < -0.4 is 0 Å². The molecule has 4 saturated heterocycles. The normalized spacial score (nSPS) is 26.9. The zero-order valence-electron chi connectivity index (χ0n) is 26.8. The minimum atomic E-state index is -0.183. The highest BCUT2D eigenvalue weighted by Crippen LogP contribution is 2.48. The summed E-state index contributed by atoms with van der Waals surface area (Å²) in [5, 5.41) is 23.4. The average molecular weight is 725 g/mol. The molecule has 4 atom stereocenters. The lowest BCUT2D eigenvalue weighted by atomic mass is 9.90. The fraction of sp³-hybridized carbons (Fsp3) is 0.400. The first-order valence-electron chi connectivity index (χ1n) is 17.2. The Balaban J connectivity index is 0.000000152. The lowest BCUT2D eigenvalue weighted by molar-refractivity contribution is 0.0185. The van der Waals surface area contributed by atoms with E-state index in [0.29, 0.717) is 24.2 Å². The highest BCUT2D eigenvalue weighted by molar-refractivity contribution is 6.33. The van der Waals surface area contributed by atoms with Gasteiger partial charge >= 0.3 is 0 Å². The van der Waals surface area contributed by atoms with Gasteiger partial charge in [0.25, 0.3) is 0 Å². The van der Waals surface area contributed by atoms with E-state index < -0.39 is 0 Å². The van der Waals surface area contributed by atoms with Crippen LogP contribution in [0.4, 0.5) is 0 Å². The minimum Gasteiger partial charge on any atom is -0.393 e. The molecule has 4 fully saturated rings. The lowest BCUT2D eigenvalue weighted by Crippen LogP contribution is -2.47. The first-order chi connectivity index (χ1) is 23.3. The van der Waals surface area contributed by atoms with Crippen LogP contribution in [-0.2, 0) is 0 Å². The second-order valence-corrected chi connectivity index (χ2v) is 15.4. The van der Waals surface area contributed by atoms with Crippen LogP contribution in [0.15, 0.2) is 97.1 Å². The number of nitrogens with zero attached hydrogens (tertiary/aromatic N) is 2. The summed E-state index contributed by atoms with van der Waals surface area (Å²) in [7, 11) is 0. The molecule has 4 bridgehead atoms. The smallest absolute Gasteiger partial charge is 0.0636 e. The zero-order chi connectivity index (χ0) is 33.4. The first kappa shape index (κ1) is 34.3. The number of aliphatic hydroxyl groups is 2. The van der Waals surface area contributed by atoms with Gasteiger partial charge in [-0.2, -0.15) is 0 Å². The van der Waals surface area contributed by atoms with Crippen LogP contribution in [0.2, 0.25) is 20.1 Å². The summed E-state index contributed by atoms with van der Waals surface area (Å²) in [4.78, 5) is 5.10. The molecule has 4 heterocycles. The molecule has 4 aromatic rings. The van der Waals surface area contributed by atoms with E-state index >= 15 is 0 Å². The topological polar surface area (TPSA) is 46.9 Å². The van der Waals surface area contributed by atoms with E-state index in [9.17, 15) is 10.2 Å². The summed E-state index contributed by atoms with van der Waals surface area (Å²) in [5.41, 5.74) is 4.39. The van der Waals surface area contributed by atoms with Gasteiger partial charge in [-0.1, -0.05) is 119 Å². The summed E-state index contributed by atoms with van der Waals surface area (Å²) < 4.78 is 0. The minimum absolute atomic E-state index is 0.0393. The Morgan fingerprint density at radius 3 is 0.875 bits per heavy atom. The van der Waals surface area contributed by atoms with Crippen molar-refractivity contribution in [2.45, 2.75) is 99.8 Å². The molecule has 0 spiro atoms. The third-order valence-corrected chi connectivity index (χ3v) is 12.3. The summed E-state index contributed by atoms with van der Waals surface area (Å²) in [6, 6.07) is 33.8. The molecule has 4 aliphatic heterocycles. The molecule has 4 aromatic carbocycles. The highest BCUT2D eigenvalue weighted by Gasteiger charge is 2.46. The van der Waals surface area contributed by atoms with Gasteiger partial charge in [-0.05, 0) is 97.9 Å². The molecule has 0 aromatic heterocycles. The molecule has 48 heavy (non-hydrogen) atoms. The number of fused-ring (bicyclic) bond motifs is 4.